The summed E-state index contributed by atoms with van der Waals surface area (Å²) in [4.78, 5) is 43.7. The van der Waals surface area contributed by atoms with Gasteiger partial charge in [-0.15, -0.1) is 11.3 Å². The van der Waals surface area contributed by atoms with Crippen LogP contribution in [0.5, 0.6) is 0 Å². The van der Waals surface area contributed by atoms with Crippen molar-refractivity contribution in [3.05, 3.63) is 93.2 Å². The van der Waals surface area contributed by atoms with E-state index in [0.29, 0.717) is 25.2 Å². The summed E-state index contributed by atoms with van der Waals surface area (Å²) in [5.74, 6) is -0.820. The molecule has 8 heteroatoms. The van der Waals surface area contributed by atoms with Crippen LogP contribution in [-0.2, 0) is 29.1 Å². The molecule has 176 valence electrons. The average molecular weight is 477 g/mol. The van der Waals surface area contributed by atoms with Gasteiger partial charge in [0.25, 0.3) is 11.8 Å². The predicted octanol–water partition coefficient (Wildman–Crippen LogP) is 2.68. The number of aryl methyl sites for hydroxylation is 1. The Labute approximate surface area is 203 Å². The largest absolute Gasteiger partial charge is 0.349 e. The smallest absolute Gasteiger partial charge is 0.264 e. The van der Waals surface area contributed by atoms with E-state index in [1.54, 1.807) is 12.1 Å². The highest BCUT2D eigenvalue weighted by Crippen LogP contribution is 2.21. The van der Waals surface area contributed by atoms with Gasteiger partial charge in [-0.25, -0.2) is 0 Å². The van der Waals surface area contributed by atoms with Gasteiger partial charge in [-0.05, 0) is 41.6 Å². The number of nitrogens with zero attached hydrogens (tertiary/aromatic N) is 2. The Bertz CT molecular complexity index is 1160. The number of hydrogen-bond donors (Lipinski definition) is 2. The van der Waals surface area contributed by atoms with E-state index in [2.05, 4.69) is 5.32 Å². The fraction of sp³-hybridized carbons (Fsp3) is 0.269. The topological polar surface area (TPSA) is 95.7 Å². The van der Waals surface area contributed by atoms with Crippen LogP contribution in [0.3, 0.4) is 0 Å². The zero-order chi connectivity index (χ0) is 24.1. The molecule has 0 saturated carbocycles. The summed E-state index contributed by atoms with van der Waals surface area (Å²) in [7, 11) is 0. The van der Waals surface area contributed by atoms with E-state index in [1.165, 1.54) is 21.1 Å². The molecule has 1 atom stereocenters. The molecule has 1 aliphatic heterocycles. The van der Waals surface area contributed by atoms with Crippen molar-refractivity contribution < 1.29 is 14.4 Å². The van der Waals surface area contributed by atoms with Crippen LogP contribution < -0.4 is 11.1 Å². The van der Waals surface area contributed by atoms with Crippen LogP contribution in [0.15, 0.2) is 66.0 Å². The lowest BCUT2D eigenvalue weighted by Crippen LogP contribution is -2.53. The summed E-state index contributed by atoms with van der Waals surface area (Å²) in [5.41, 5.74) is 9.13. The lowest BCUT2D eigenvalue weighted by atomic mass is 10.1. The number of nitrogens with two attached hydrogens (primary N) is 1. The maximum atomic E-state index is 13.4. The third-order valence-electron chi connectivity index (χ3n) is 5.89. The molecule has 0 bridgehead atoms. The minimum Gasteiger partial charge on any atom is -0.349 e. The van der Waals surface area contributed by atoms with Gasteiger partial charge in [0.05, 0.1) is 6.42 Å². The number of rotatable bonds is 7. The van der Waals surface area contributed by atoms with Crippen molar-refractivity contribution in [2.24, 2.45) is 5.73 Å². The Morgan fingerprint density at radius 3 is 2.44 bits per heavy atom. The van der Waals surface area contributed by atoms with E-state index < -0.39 is 6.17 Å². The van der Waals surface area contributed by atoms with Crippen LogP contribution in [0.1, 0.15) is 31.9 Å². The molecule has 0 spiro atoms. The molecular weight excluding hydrogens is 448 g/mol. The van der Waals surface area contributed by atoms with Gasteiger partial charge in [0.15, 0.2) is 6.17 Å². The Balaban J connectivity index is 1.55. The van der Waals surface area contributed by atoms with E-state index in [0.717, 1.165) is 21.6 Å². The molecule has 4 rings (SSSR count). The third kappa shape index (κ3) is 5.35. The van der Waals surface area contributed by atoms with Gasteiger partial charge in [0, 0.05) is 36.6 Å². The SMILES string of the molecule is Cc1ccc(C(=O)N2CCN(C(=O)Cc3cccs3)C2C(=O)NCc2cccc(CN)c2)cc1. The molecule has 0 radical (unpaired) electrons. The summed E-state index contributed by atoms with van der Waals surface area (Å²) < 4.78 is 0. The van der Waals surface area contributed by atoms with Gasteiger partial charge in [-0.3, -0.25) is 14.4 Å². The molecule has 1 aliphatic rings. The van der Waals surface area contributed by atoms with E-state index in [-0.39, 0.29) is 30.7 Å². The number of carbonyl (C=O) groups excluding carboxylic acids is 3. The van der Waals surface area contributed by atoms with Crippen LogP contribution in [0.25, 0.3) is 0 Å². The molecule has 1 unspecified atom stereocenters. The quantitative estimate of drug-likeness (QED) is 0.548. The van der Waals surface area contributed by atoms with Crippen molar-refractivity contribution >= 4 is 29.1 Å². The minimum atomic E-state index is -1.00. The first kappa shape index (κ1) is 23.7. The summed E-state index contributed by atoms with van der Waals surface area (Å²) >= 11 is 1.50. The monoisotopic (exact) mass is 476 g/mol. The van der Waals surface area contributed by atoms with E-state index >= 15 is 0 Å². The lowest BCUT2D eigenvalue weighted by Gasteiger charge is -2.29. The number of amides is 3. The Kier molecular flexibility index (Phi) is 7.40. The fourth-order valence-corrected chi connectivity index (χ4v) is 4.75. The molecule has 2 heterocycles. The van der Waals surface area contributed by atoms with Gasteiger partial charge in [0.2, 0.25) is 5.91 Å². The van der Waals surface area contributed by atoms with Gasteiger partial charge in [0.1, 0.15) is 0 Å². The molecule has 1 fully saturated rings. The van der Waals surface area contributed by atoms with E-state index in [4.69, 9.17) is 5.73 Å². The maximum Gasteiger partial charge on any atom is 0.264 e. The van der Waals surface area contributed by atoms with Gasteiger partial charge in [-0.2, -0.15) is 0 Å². The molecule has 1 saturated heterocycles. The zero-order valence-corrected chi connectivity index (χ0v) is 19.9. The van der Waals surface area contributed by atoms with Crippen LogP contribution in [0.4, 0.5) is 0 Å². The minimum absolute atomic E-state index is 0.174. The summed E-state index contributed by atoms with van der Waals surface area (Å²) in [6.45, 7) is 3.24. The van der Waals surface area contributed by atoms with Crippen molar-refractivity contribution in [3.63, 3.8) is 0 Å². The number of benzene rings is 2. The van der Waals surface area contributed by atoms with Crippen LogP contribution in [0.2, 0.25) is 0 Å². The van der Waals surface area contributed by atoms with Crippen LogP contribution in [-0.4, -0.2) is 46.8 Å². The molecular formula is C26H28N4O3S. The molecule has 3 aromatic rings. The van der Waals surface area contributed by atoms with Crippen molar-refractivity contribution in [1.29, 1.82) is 0 Å². The molecule has 3 amide bonds. The average Bonchev–Trinajstić information content (AvgIpc) is 3.53. The molecule has 7 nitrogen and oxygen atoms in total. The van der Waals surface area contributed by atoms with Gasteiger partial charge in [-0.1, -0.05) is 48.0 Å². The Morgan fingerprint density at radius 2 is 1.74 bits per heavy atom. The highest BCUT2D eigenvalue weighted by Gasteiger charge is 2.42. The second-order valence-electron chi connectivity index (χ2n) is 8.32. The lowest BCUT2D eigenvalue weighted by molar-refractivity contribution is -0.140. The summed E-state index contributed by atoms with van der Waals surface area (Å²) in [6.07, 6.45) is -0.800. The maximum absolute atomic E-state index is 13.4. The molecule has 3 N–H and O–H groups in total. The van der Waals surface area contributed by atoms with Crippen molar-refractivity contribution in [2.75, 3.05) is 13.1 Å². The fourth-order valence-electron chi connectivity index (χ4n) is 4.06. The second kappa shape index (κ2) is 10.6. The van der Waals surface area contributed by atoms with Crippen LogP contribution >= 0.6 is 11.3 Å². The first-order chi connectivity index (χ1) is 16.5. The molecule has 0 aliphatic carbocycles. The highest BCUT2D eigenvalue weighted by molar-refractivity contribution is 7.10. The van der Waals surface area contributed by atoms with Gasteiger partial charge >= 0.3 is 0 Å². The number of hydrogen-bond acceptors (Lipinski definition) is 5. The van der Waals surface area contributed by atoms with E-state index in [9.17, 15) is 14.4 Å². The third-order valence-corrected chi connectivity index (χ3v) is 6.76. The molecule has 1 aromatic heterocycles. The van der Waals surface area contributed by atoms with Crippen molar-refractivity contribution in [2.45, 2.75) is 32.6 Å². The van der Waals surface area contributed by atoms with Crippen LogP contribution in [0, 0.1) is 6.92 Å². The molecule has 2 aromatic carbocycles. The number of carbonyl (C=O) groups is 3. The molecule has 34 heavy (non-hydrogen) atoms. The first-order valence-electron chi connectivity index (χ1n) is 11.2. The number of nitrogens with one attached hydrogen (secondary N) is 1. The van der Waals surface area contributed by atoms with Crippen molar-refractivity contribution in [1.82, 2.24) is 15.1 Å². The normalized spacial score (nSPS) is 15.4. The van der Waals surface area contributed by atoms with E-state index in [1.807, 2.05) is 60.8 Å². The predicted molar refractivity (Wildman–Crippen MR) is 132 cm³/mol. The summed E-state index contributed by atoms with van der Waals surface area (Å²) in [5, 5.41) is 4.83. The summed E-state index contributed by atoms with van der Waals surface area (Å²) in [6, 6.07) is 18.7. The standard InChI is InChI=1S/C26H28N4O3S/c1-18-7-9-21(10-8-18)26(33)30-12-11-29(23(31)15-22-6-3-13-34-22)25(30)24(32)28-17-20-5-2-4-19(14-20)16-27/h2-10,13-14,25H,11-12,15-17,27H2,1H3,(H,28,32). The number of thiophene rings is 1. The first-order valence-corrected chi connectivity index (χ1v) is 12.1. The highest BCUT2D eigenvalue weighted by atomic mass is 32.1. The second-order valence-corrected chi connectivity index (χ2v) is 9.36. The van der Waals surface area contributed by atoms with Gasteiger partial charge < -0.3 is 20.9 Å². The Morgan fingerprint density at radius 1 is 1.00 bits per heavy atom. The zero-order valence-electron chi connectivity index (χ0n) is 19.1. The van der Waals surface area contributed by atoms with Crippen molar-refractivity contribution in [3.8, 4) is 0 Å². The Hall–Kier alpha value is -3.49.